The average molecular weight is 497 g/mol. The van der Waals surface area contributed by atoms with Crippen molar-refractivity contribution >= 4 is 54.9 Å². The lowest BCUT2D eigenvalue weighted by atomic mass is 10.1. The summed E-state index contributed by atoms with van der Waals surface area (Å²) in [5.41, 5.74) is 9.56. The van der Waals surface area contributed by atoms with Gasteiger partial charge >= 0.3 is 0 Å². The number of rotatable bonds is 6. The Kier molecular flexibility index (Phi) is 6.30. The number of nitrogens with two attached hydrogens (primary N) is 1. The van der Waals surface area contributed by atoms with E-state index in [1.807, 2.05) is 32.0 Å². The van der Waals surface area contributed by atoms with Crippen LogP contribution in [0, 0.1) is 13.8 Å². The standard InChI is InChI=1S/C25H21ClN2O3S2/c1-15-8-11-19(14-16(15)2)28-25-24(33(30,31)20-12-9-18(26)10-13-20)21(27)23(32-25)22(29)17-6-4-3-5-7-17/h3-14,28H,27H2,1-2H3. The largest absolute Gasteiger partial charge is 0.396 e. The first kappa shape index (κ1) is 23.0. The number of thiophene rings is 1. The molecule has 3 aromatic carbocycles. The van der Waals surface area contributed by atoms with Crippen molar-refractivity contribution < 1.29 is 13.2 Å². The molecule has 0 aliphatic rings. The molecular formula is C25H21ClN2O3S2. The number of hydrogen-bond donors (Lipinski definition) is 2. The van der Waals surface area contributed by atoms with E-state index in [2.05, 4.69) is 5.32 Å². The van der Waals surface area contributed by atoms with Crippen molar-refractivity contribution in [3.63, 3.8) is 0 Å². The van der Waals surface area contributed by atoms with Gasteiger partial charge in [0.1, 0.15) is 14.8 Å². The summed E-state index contributed by atoms with van der Waals surface area (Å²) in [7, 11) is -4.04. The van der Waals surface area contributed by atoms with E-state index in [-0.39, 0.29) is 31.1 Å². The molecule has 4 rings (SSSR count). The summed E-state index contributed by atoms with van der Waals surface area (Å²) in [5.74, 6) is -0.334. The number of anilines is 3. The van der Waals surface area contributed by atoms with Gasteiger partial charge in [-0.25, -0.2) is 8.42 Å². The fourth-order valence-corrected chi connectivity index (χ4v) is 6.41. The predicted octanol–water partition coefficient (Wildman–Crippen LogP) is 6.41. The van der Waals surface area contributed by atoms with Crippen LogP contribution in [0.2, 0.25) is 5.02 Å². The van der Waals surface area contributed by atoms with E-state index in [1.54, 1.807) is 30.3 Å². The third-order valence-electron chi connectivity index (χ3n) is 5.30. The topological polar surface area (TPSA) is 89.3 Å². The van der Waals surface area contributed by atoms with Gasteiger partial charge < -0.3 is 11.1 Å². The molecule has 4 aromatic rings. The van der Waals surface area contributed by atoms with Crippen LogP contribution in [-0.4, -0.2) is 14.2 Å². The molecule has 0 bridgehead atoms. The first-order valence-electron chi connectivity index (χ1n) is 10.1. The molecule has 0 atom stereocenters. The number of nitrogens with one attached hydrogen (secondary N) is 1. The highest BCUT2D eigenvalue weighted by Crippen LogP contribution is 2.44. The van der Waals surface area contributed by atoms with Crippen LogP contribution < -0.4 is 11.1 Å². The van der Waals surface area contributed by atoms with Gasteiger partial charge in [0.2, 0.25) is 15.6 Å². The van der Waals surface area contributed by atoms with Gasteiger partial charge in [0.25, 0.3) is 0 Å². The van der Waals surface area contributed by atoms with Crippen molar-refractivity contribution in [2.45, 2.75) is 23.6 Å². The van der Waals surface area contributed by atoms with E-state index in [1.165, 1.54) is 24.3 Å². The number of benzene rings is 3. The van der Waals surface area contributed by atoms with Crippen molar-refractivity contribution in [1.29, 1.82) is 0 Å². The molecule has 0 saturated carbocycles. The number of halogens is 1. The molecule has 1 heterocycles. The van der Waals surface area contributed by atoms with Crippen molar-refractivity contribution in [1.82, 2.24) is 0 Å². The third-order valence-corrected chi connectivity index (χ3v) is 8.65. The second-order valence-electron chi connectivity index (χ2n) is 7.58. The fourth-order valence-electron chi connectivity index (χ4n) is 3.35. The van der Waals surface area contributed by atoms with Gasteiger partial charge in [0, 0.05) is 16.3 Å². The smallest absolute Gasteiger partial charge is 0.211 e. The molecule has 8 heteroatoms. The van der Waals surface area contributed by atoms with Gasteiger partial charge in [-0.2, -0.15) is 0 Å². The first-order chi connectivity index (χ1) is 15.7. The maximum absolute atomic E-state index is 13.6. The number of sulfone groups is 1. The zero-order chi connectivity index (χ0) is 23.8. The molecule has 3 N–H and O–H groups in total. The molecule has 0 unspecified atom stereocenters. The molecule has 0 radical (unpaired) electrons. The zero-order valence-corrected chi connectivity index (χ0v) is 20.3. The van der Waals surface area contributed by atoms with Crippen LogP contribution in [0.15, 0.2) is 82.6 Å². The molecule has 0 spiro atoms. The average Bonchev–Trinajstić information content (AvgIpc) is 3.13. The molecule has 33 heavy (non-hydrogen) atoms. The van der Waals surface area contributed by atoms with Gasteiger partial charge in [0.15, 0.2) is 0 Å². The summed E-state index contributed by atoms with van der Waals surface area (Å²) in [4.78, 5) is 13.3. The fraction of sp³-hybridized carbons (Fsp3) is 0.0800. The Labute approximate surface area is 201 Å². The van der Waals surface area contributed by atoms with Crippen LogP contribution in [0.3, 0.4) is 0 Å². The third kappa shape index (κ3) is 4.53. The molecule has 5 nitrogen and oxygen atoms in total. The van der Waals surface area contributed by atoms with Gasteiger partial charge in [-0.05, 0) is 61.4 Å². The van der Waals surface area contributed by atoms with Gasteiger partial charge in [0.05, 0.1) is 10.6 Å². The van der Waals surface area contributed by atoms with Crippen LogP contribution in [-0.2, 0) is 9.84 Å². The molecule has 0 aliphatic heterocycles. The maximum Gasteiger partial charge on any atom is 0.211 e. The second-order valence-corrected chi connectivity index (χ2v) is 10.9. The highest BCUT2D eigenvalue weighted by molar-refractivity contribution is 7.92. The maximum atomic E-state index is 13.6. The number of hydrogen-bond acceptors (Lipinski definition) is 6. The Morgan fingerprint density at radius 1 is 0.939 bits per heavy atom. The van der Waals surface area contributed by atoms with Crippen LogP contribution in [0.25, 0.3) is 0 Å². The molecule has 0 saturated heterocycles. The Balaban J connectivity index is 1.89. The monoisotopic (exact) mass is 496 g/mol. The lowest BCUT2D eigenvalue weighted by molar-refractivity contribution is 0.104. The summed E-state index contributed by atoms with van der Waals surface area (Å²) in [5, 5.41) is 3.88. The number of carbonyl (C=O) groups is 1. The van der Waals surface area contributed by atoms with E-state index < -0.39 is 9.84 Å². The van der Waals surface area contributed by atoms with Gasteiger partial charge in [-0.15, -0.1) is 11.3 Å². The van der Waals surface area contributed by atoms with Crippen LogP contribution in [0.4, 0.5) is 16.4 Å². The SMILES string of the molecule is Cc1ccc(Nc2sc(C(=O)c3ccccc3)c(N)c2S(=O)(=O)c2ccc(Cl)cc2)cc1C. The Morgan fingerprint density at radius 2 is 1.61 bits per heavy atom. The van der Waals surface area contributed by atoms with Crippen molar-refractivity contribution in [2.24, 2.45) is 0 Å². The van der Waals surface area contributed by atoms with E-state index in [4.69, 9.17) is 17.3 Å². The lowest BCUT2D eigenvalue weighted by Gasteiger charge is -2.11. The minimum absolute atomic E-state index is 0.0400. The minimum atomic E-state index is -4.04. The number of carbonyl (C=O) groups excluding carboxylic acids is 1. The molecule has 0 fully saturated rings. The second kappa shape index (κ2) is 9.02. The molecular weight excluding hydrogens is 476 g/mol. The molecule has 0 aliphatic carbocycles. The van der Waals surface area contributed by atoms with E-state index >= 15 is 0 Å². The van der Waals surface area contributed by atoms with Crippen molar-refractivity contribution in [3.8, 4) is 0 Å². The molecule has 0 amide bonds. The Bertz CT molecular complexity index is 1450. The Hall–Kier alpha value is -3.13. The predicted molar refractivity (Wildman–Crippen MR) is 135 cm³/mol. The quantitative estimate of drug-likeness (QED) is 0.301. The highest BCUT2D eigenvalue weighted by atomic mass is 35.5. The van der Waals surface area contributed by atoms with Crippen molar-refractivity contribution in [3.05, 3.63) is 99.4 Å². The summed E-state index contributed by atoms with van der Waals surface area (Å²) < 4.78 is 27.2. The van der Waals surface area contributed by atoms with Crippen LogP contribution >= 0.6 is 22.9 Å². The molecule has 1 aromatic heterocycles. The Morgan fingerprint density at radius 3 is 2.24 bits per heavy atom. The molecule has 168 valence electrons. The summed E-state index contributed by atoms with van der Waals surface area (Å²) in [6.45, 7) is 3.97. The zero-order valence-electron chi connectivity index (χ0n) is 17.9. The highest BCUT2D eigenvalue weighted by Gasteiger charge is 2.31. The lowest BCUT2D eigenvalue weighted by Crippen LogP contribution is -2.08. The van der Waals surface area contributed by atoms with Gasteiger partial charge in [-0.1, -0.05) is 48.0 Å². The van der Waals surface area contributed by atoms with E-state index in [0.29, 0.717) is 16.3 Å². The number of aryl methyl sites for hydroxylation is 2. The number of nitrogen functional groups attached to an aromatic ring is 1. The summed E-state index contributed by atoms with van der Waals surface area (Å²) in [6, 6.07) is 20.2. The van der Waals surface area contributed by atoms with Crippen molar-refractivity contribution in [2.75, 3.05) is 11.1 Å². The van der Waals surface area contributed by atoms with Gasteiger partial charge in [-0.3, -0.25) is 4.79 Å². The summed E-state index contributed by atoms with van der Waals surface area (Å²) >= 11 is 6.97. The normalized spacial score (nSPS) is 11.4. The summed E-state index contributed by atoms with van der Waals surface area (Å²) in [6.07, 6.45) is 0. The minimum Gasteiger partial charge on any atom is -0.396 e. The first-order valence-corrected chi connectivity index (χ1v) is 12.7. The van der Waals surface area contributed by atoms with E-state index in [0.717, 1.165) is 22.5 Å². The van der Waals surface area contributed by atoms with Crippen LogP contribution in [0.5, 0.6) is 0 Å². The number of ketones is 1. The van der Waals surface area contributed by atoms with Crippen LogP contribution in [0.1, 0.15) is 26.4 Å². The van der Waals surface area contributed by atoms with E-state index in [9.17, 15) is 13.2 Å².